The average Bonchev–Trinajstić information content (AvgIpc) is 2.80. The zero-order chi connectivity index (χ0) is 13.2. The van der Waals surface area contributed by atoms with Crippen LogP contribution in [-0.4, -0.2) is 9.97 Å². The molecule has 3 rings (SSSR count). The van der Waals surface area contributed by atoms with Gasteiger partial charge in [-0.05, 0) is 43.5 Å². The highest BCUT2D eigenvalue weighted by Gasteiger charge is 2.03. The number of nitrogens with zero attached hydrogens (tertiary/aromatic N) is 1. The van der Waals surface area contributed by atoms with E-state index in [1.165, 1.54) is 16.7 Å². The number of aromatic nitrogens is 2. The fourth-order valence-electron chi connectivity index (χ4n) is 2.31. The molecular weight excluding hydrogens is 232 g/mol. The van der Waals surface area contributed by atoms with Crippen molar-refractivity contribution in [3.05, 3.63) is 65.0 Å². The number of rotatable bonds is 3. The summed E-state index contributed by atoms with van der Waals surface area (Å²) >= 11 is 0. The Bertz CT molecular complexity index is 693. The molecule has 1 heterocycles. The summed E-state index contributed by atoms with van der Waals surface area (Å²) in [7, 11) is 0. The van der Waals surface area contributed by atoms with Crippen LogP contribution in [0.15, 0.2) is 42.5 Å². The van der Waals surface area contributed by atoms with E-state index in [1.54, 1.807) is 0 Å². The Morgan fingerprint density at radius 3 is 2.42 bits per heavy atom. The molecule has 3 aromatic rings. The maximum Gasteiger partial charge on any atom is 0.107 e. The van der Waals surface area contributed by atoms with E-state index < -0.39 is 0 Å². The minimum Gasteiger partial charge on any atom is -0.342 e. The van der Waals surface area contributed by atoms with Crippen molar-refractivity contribution in [1.29, 1.82) is 0 Å². The van der Waals surface area contributed by atoms with Crippen molar-refractivity contribution in [1.82, 2.24) is 9.97 Å². The average molecular weight is 250 g/mol. The SMILES string of the molecule is Cc1ccc(CCc2nc3ccc(C)cc3[nH]2)cc1. The van der Waals surface area contributed by atoms with Gasteiger partial charge < -0.3 is 4.98 Å². The lowest BCUT2D eigenvalue weighted by Crippen LogP contribution is -1.93. The molecule has 0 bridgehead atoms. The van der Waals surface area contributed by atoms with Crippen LogP contribution in [0.2, 0.25) is 0 Å². The van der Waals surface area contributed by atoms with Crippen molar-refractivity contribution < 1.29 is 0 Å². The summed E-state index contributed by atoms with van der Waals surface area (Å²) in [5.74, 6) is 1.07. The first kappa shape index (κ1) is 12.0. The topological polar surface area (TPSA) is 28.7 Å². The number of fused-ring (bicyclic) bond motifs is 1. The van der Waals surface area contributed by atoms with Crippen LogP contribution >= 0.6 is 0 Å². The molecular formula is C17H18N2. The molecule has 2 heteroatoms. The quantitative estimate of drug-likeness (QED) is 0.748. The highest BCUT2D eigenvalue weighted by atomic mass is 14.9. The largest absolute Gasteiger partial charge is 0.342 e. The Morgan fingerprint density at radius 1 is 0.895 bits per heavy atom. The van der Waals surface area contributed by atoms with Crippen LogP contribution < -0.4 is 0 Å². The van der Waals surface area contributed by atoms with E-state index >= 15 is 0 Å². The molecule has 1 N–H and O–H groups in total. The fraction of sp³-hybridized carbons (Fsp3) is 0.235. The van der Waals surface area contributed by atoms with E-state index in [1.807, 2.05) is 0 Å². The van der Waals surface area contributed by atoms with Gasteiger partial charge in [0.05, 0.1) is 11.0 Å². The van der Waals surface area contributed by atoms with Gasteiger partial charge in [0.2, 0.25) is 0 Å². The van der Waals surface area contributed by atoms with Crippen molar-refractivity contribution in [2.24, 2.45) is 0 Å². The molecule has 19 heavy (non-hydrogen) atoms. The number of nitrogens with one attached hydrogen (secondary N) is 1. The minimum absolute atomic E-state index is 0.955. The van der Waals surface area contributed by atoms with Crippen molar-refractivity contribution >= 4 is 11.0 Å². The van der Waals surface area contributed by atoms with Crippen molar-refractivity contribution in [3.8, 4) is 0 Å². The van der Waals surface area contributed by atoms with Gasteiger partial charge >= 0.3 is 0 Å². The van der Waals surface area contributed by atoms with Crippen molar-refractivity contribution in [2.45, 2.75) is 26.7 Å². The van der Waals surface area contributed by atoms with Crippen LogP contribution in [0.3, 0.4) is 0 Å². The third kappa shape index (κ3) is 2.68. The maximum atomic E-state index is 4.63. The van der Waals surface area contributed by atoms with Crippen LogP contribution in [0.1, 0.15) is 22.5 Å². The molecule has 96 valence electrons. The Hall–Kier alpha value is -2.09. The molecule has 2 aromatic carbocycles. The normalized spacial score (nSPS) is 11.1. The predicted octanol–water partition coefficient (Wildman–Crippen LogP) is 3.96. The van der Waals surface area contributed by atoms with Gasteiger partial charge in [0, 0.05) is 6.42 Å². The number of benzene rings is 2. The van der Waals surface area contributed by atoms with Gasteiger partial charge in [-0.2, -0.15) is 0 Å². The van der Waals surface area contributed by atoms with Gasteiger partial charge in [0.25, 0.3) is 0 Å². The van der Waals surface area contributed by atoms with E-state index in [4.69, 9.17) is 0 Å². The van der Waals surface area contributed by atoms with Crippen LogP contribution in [0.4, 0.5) is 0 Å². The molecule has 0 fully saturated rings. The van der Waals surface area contributed by atoms with E-state index in [-0.39, 0.29) is 0 Å². The van der Waals surface area contributed by atoms with Crippen LogP contribution in [0.5, 0.6) is 0 Å². The molecule has 0 saturated heterocycles. The van der Waals surface area contributed by atoms with Gasteiger partial charge in [0.1, 0.15) is 5.82 Å². The summed E-state index contributed by atoms with van der Waals surface area (Å²) in [4.78, 5) is 8.04. The molecule has 0 saturated carbocycles. The monoisotopic (exact) mass is 250 g/mol. The molecule has 0 unspecified atom stereocenters. The molecule has 2 nitrogen and oxygen atoms in total. The Kier molecular flexibility index (Phi) is 3.08. The summed E-state index contributed by atoms with van der Waals surface area (Å²) in [6, 6.07) is 15.1. The van der Waals surface area contributed by atoms with Crippen LogP contribution in [-0.2, 0) is 12.8 Å². The number of imidazole rings is 1. The lowest BCUT2D eigenvalue weighted by atomic mass is 10.1. The molecule has 0 amide bonds. The first-order valence-corrected chi connectivity index (χ1v) is 6.71. The summed E-state index contributed by atoms with van der Waals surface area (Å²) in [6.45, 7) is 4.22. The number of hydrogen-bond donors (Lipinski definition) is 1. The molecule has 0 aliphatic rings. The van der Waals surface area contributed by atoms with Gasteiger partial charge in [0.15, 0.2) is 0 Å². The molecule has 0 aliphatic carbocycles. The zero-order valence-electron chi connectivity index (χ0n) is 11.4. The number of aryl methyl sites for hydroxylation is 4. The highest BCUT2D eigenvalue weighted by molar-refractivity contribution is 5.75. The van der Waals surface area contributed by atoms with E-state index in [0.717, 1.165) is 29.7 Å². The van der Waals surface area contributed by atoms with E-state index in [2.05, 4.69) is 66.3 Å². The Morgan fingerprint density at radius 2 is 1.63 bits per heavy atom. The lowest BCUT2D eigenvalue weighted by Gasteiger charge is -1.99. The number of aromatic amines is 1. The molecule has 0 spiro atoms. The minimum atomic E-state index is 0.955. The van der Waals surface area contributed by atoms with Crippen molar-refractivity contribution in [2.75, 3.05) is 0 Å². The maximum absolute atomic E-state index is 4.63. The van der Waals surface area contributed by atoms with E-state index in [0.29, 0.717) is 0 Å². The first-order valence-electron chi connectivity index (χ1n) is 6.71. The first-order chi connectivity index (χ1) is 9.20. The highest BCUT2D eigenvalue weighted by Crippen LogP contribution is 2.14. The second-order valence-electron chi connectivity index (χ2n) is 5.19. The molecule has 0 aliphatic heterocycles. The smallest absolute Gasteiger partial charge is 0.107 e. The number of H-pyrrole nitrogens is 1. The van der Waals surface area contributed by atoms with Crippen LogP contribution in [0, 0.1) is 13.8 Å². The Labute approximate surface area is 113 Å². The predicted molar refractivity (Wildman–Crippen MR) is 79.4 cm³/mol. The molecule has 0 radical (unpaired) electrons. The second kappa shape index (κ2) is 4.88. The third-order valence-electron chi connectivity index (χ3n) is 3.46. The lowest BCUT2D eigenvalue weighted by molar-refractivity contribution is 0.889. The second-order valence-corrected chi connectivity index (χ2v) is 5.19. The molecule has 0 atom stereocenters. The van der Waals surface area contributed by atoms with E-state index in [9.17, 15) is 0 Å². The van der Waals surface area contributed by atoms with Gasteiger partial charge in [-0.15, -0.1) is 0 Å². The van der Waals surface area contributed by atoms with Gasteiger partial charge in [-0.25, -0.2) is 4.98 Å². The number of hydrogen-bond acceptors (Lipinski definition) is 1. The van der Waals surface area contributed by atoms with Crippen molar-refractivity contribution in [3.63, 3.8) is 0 Å². The summed E-state index contributed by atoms with van der Waals surface area (Å²) in [5, 5.41) is 0. The summed E-state index contributed by atoms with van der Waals surface area (Å²) in [5.41, 5.74) is 6.13. The standard InChI is InChI=1S/C17H18N2/c1-12-3-6-14(7-4-12)8-10-17-18-15-9-5-13(2)11-16(15)19-17/h3-7,9,11H,8,10H2,1-2H3,(H,18,19). The fourth-order valence-corrected chi connectivity index (χ4v) is 2.31. The van der Waals surface area contributed by atoms with Gasteiger partial charge in [-0.3, -0.25) is 0 Å². The molecule has 1 aromatic heterocycles. The van der Waals surface area contributed by atoms with Crippen LogP contribution in [0.25, 0.3) is 11.0 Å². The summed E-state index contributed by atoms with van der Waals surface area (Å²) < 4.78 is 0. The van der Waals surface area contributed by atoms with Gasteiger partial charge in [-0.1, -0.05) is 35.9 Å². The Balaban J connectivity index is 1.76. The third-order valence-corrected chi connectivity index (χ3v) is 3.46. The summed E-state index contributed by atoms with van der Waals surface area (Å²) in [6.07, 6.45) is 1.98. The zero-order valence-corrected chi connectivity index (χ0v) is 11.4.